The summed E-state index contributed by atoms with van der Waals surface area (Å²) in [4.78, 5) is 2.36. The van der Waals surface area contributed by atoms with Crippen molar-refractivity contribution in [2.75, 3.05) is 18.0 Å². The molecule has 1 nitrogen and oxygen atoms in total. The number of rotatable bonds is 3. The van der Waals surface area contributed by atoms with Crippen LogP contribution >= 0.6 is 15.9 Å². The van der Waals surface area contributed by atoms with Gasteiger partial charge in [0.15, 0.2) is 0 Å². The molecule has 18 heavy (non-hydrogen) atoms. The quantitative estimate of drug-likeness (QED) is 0.729. The zero-order valence-electron chi connectivity index (χ0n) is 11.0. The van der Waals surface area contributed by atoms with E-state index in [1.165, 1.54) is 25.7 Å². The minimum Gasteiger partial charge on any atom is -0.371 e. The van der Waals surface area contributed by atoms with Crippen LogP contribution in [-0.2, 0) is 5.33 Å². The van der Waals surface area contributed by atoms with Crippen molar-refractivity contribution in [2.45, 2.75) is 37.9 Å². The van der Waals surface area contributed by atoms with Gasteiger partial charge in [-0.15, -0.1) is 0 Å². The predicted octanol–water partition coefficient (Wildman–Crippen LogP) is 4.74. The zero-order valence-corrected chi connectivity index (χ0v) is 12.5. The molecule has 0 N–H and O–H groups in total. The van der Waals surface area contributed by atoms with E-state index in [1.807, 2.05) is 12.1 Å². The largest absolute Gasteiger partial charge is 0.371 e. The molecule has 3 heteroatoms. The van der Waals surface area contributed by atoms with Crippen LogP contribution in [0.1, 0.15) is 38.2 Å². The Morgan fingerprint density at radius 1 is 1.33 bits per heavy atom. The Morgan fingerprint density at radius 2 is 2.17 bits per heavy atom. The van der Waals surface area contributed by atoms with E-state index in [2.05, 4.69) is 27.8 Å². The average Bonchev–Trinajstić information content (AvgIpc) is 2.63. The topological polar surface area (TPSA) is 3.24 Å². The molecule has 1 aliphatic rings. The molecule has 100 valence electrons. The summed E-state index contributed by atoms with van der Waals surface area (Å²) in [5, 5.41) is 0.586. The third-order valence-electron chi connectivity index (χ3n) is 3.99. The van der Waals surface area contributed by atoms with Crippen LogP contribution in [-0.4, -0.2) is 13.1 Å². The van der Waals surface area contributed by atoms with Crippen LogP contribution in [0.3, 0.4) is 0 Å². The van der Waals surface area contributed by atoms with Gasteiger partial charge < -0.3 is 4.90 Å². The second-order valence-corrected chi connectivity index (χ2v) is 5.62. The molecule has 1 aliphatic heterocycles. The average molecular weight is 314 g/mol. The van der Waals surface area contributed by atoms with E-state index in [4.69, 9.17) is 0 Å². The number of nitrogens with zero attached hydrogens (tertiary/aromatic N) is 1. The molecule has 0 aromatic heterocycles. The second kappa shape index (κ2) is 6.55. The lowest BCUT2D eigenvalue weighted by Gasteiger charge is -2.25. The highest BCUT2D eigenvalue weighted by Crippen LogP contribution is 2.29. The monoisotopic (exact) mass is 313 g/mol. The predicted molar refractivity (Wildman–Crippen MR) is 78.9 cm³/mol. The Bertz CT molecular complexity index is 394. The Labute approximate surface area is 118 Å². The van der Waals surface area contributed by atoms with Gasteiger partial charge in [0.05, 0.1) is 0 Å². The molecule has 0 radical (unpaired) electrons. The van der Waals surface area contributed by atoms with Gasteiger partial charge in [0.1, 0.15) is 5.82 Å². The van der Waals surface area contributed by atoms with Crippen LogP contribution in [0.25, 0.3) is 0 Å². The van der Waals surface area contributed by atoms with E-state index in [9.17, 15) is 4.39 Å². The maximum Gasteiger partial charge on any atom is 0.129 e. The van der Waals surface area contributed by atoms with Gasteiger partial charge in [-0.2, -0.15) is 0 Å². The third-order valence-corrected chi connectivity index (χ3v) is 4.55. The lowest BCUT2D eigenvalue weighted by atomic mass is 9.98. The molecular formula is C15H21BrFN. The van der Waals surface area contributed by atoms with Gasteiger partial charge in [-0.05, 0) is 37.3 Å². The van der Waals surface area contributed by atoms with E-state index in [0.717, 1.165) is 30.3 Å². The fourth-order valence-electron chi connectivity index (χ4n) is 2.79. The second-order valence-electron chi connectivity index (χ2n) is 5.06. The molecule has 1 atom stereocenters. The molecule has 1 saturated heterocycles. The first kappa shape index (κ1) is 13.9. The van der Waals surface area contributed by atoms with Crippen molar-refractivity contribution in [1.29, 1.82) is 0 Å². The molecule has 2 rings (SSSR count). The first-order valence-electron chi connectivity index (χ1n) is 6.84. The molecule has 0 spiro atoms. The highest BCUT2D eigenvalue weighted by molar-refractivity contribution is 9.08. The summed E-state index contributed by atoms with van der Waals surface area (Å²) in [6, 6.07) is 5.41. The number of alkyl halides is 1. The zero-order chi connectivity index (χ0) is 13.0. The fourth-order valence-corrected chi connectivity index (χ4v) is 3.35. The number of hydrogen-bond acceptors (Lipinski definition) is 1. The maximum atomic E-state index is 13.8. The molecule has 0 amide bonds. The summed E-state index contributed by atoms with van der Waals surface area (Å²) in [6.45, 7) is 4.38. The van der Waals surface area contributed by atoms with Crippen LogP contribution < -0.4 is 4.90 Å². The molecule has 1 fully saturated rings. The number of hydrogen-bond donors (Lipinski definition) is 0. The summed E-state index contributed by atoms with van der Waals surface area (Å²) in [5.74, 6) is 0.747. The van der Waals surface area contributed by atoms with E-state index in [-0.39, 0.29) is 5.82 Å². The van der Waals surface area contributed by atoms with Crippen molar-refractivity contribution in [3.05, 3.63) is 29.6 Å². The molecule has 0 bridgehead atoms. The van der Waals surface area contributed by atoms with Crippen molar-refractivity contribution in [3.8, 4) is 0 Å². The summed E-state index contributed by atoms with van der Waals surface area (Å²) in [5.41, 5.74) is 1.87. The lowest BCUT2D eigenvalue weighted by Crippen LogP contribution is -2.25. The van der Waals surface area contributed by atoms with Crippen molar-refractivity contribution >= 4 is 21.6 Å². The van der Waals surface area contributed by atoms with Crippen molar-refractivity contribution < 1.29 is 4.39 Å². The first-order valence-corrected chi connectivity index (χ1v) is 7.96. The number of halogens is 2. The molecule has 1 aromatic carbocycles. The van der Waals surface area contributed by atoms with Crippen LogP contribution in [0.5, 0.6) is 0 Å². The number of anilines is 1. The van der Waals surface area contributed by atoms with Crippen LogP contribution in [0.2, 0.25) is 0 Å². The van der Waals surface area contributed by atoms with Crippen LogP contribution in [0.15, 0.2) is 18.2 Å². The molecule has 1 unspecified atom stereocenters. The first-order chi connectivity index (χ1) is 8.76. The van der Waals surface area contributed by atoms with Gasteiger partial charge >= 0.3 is 0 Å². The van der Waals surface area contributed by atoms with Crippen LogP contribution in [0.4, 0.5) is 10.1 Å². The molecule has 1 heterocycles. The smallest absolute Gasteiger partial charge is 0.129 e. The van der Waals surface area contributed by atoms with E-state index in [0.29, 0.717) is 5.33 Å². The Kier molecular flexibility index (Phi) is 5.04. The summed E-state index contributed by atoms with van der Waals surface area (Å²) in [6.07, 6.45) is 5.03. The fraction of sp³-hybridized carbons (Fsp3) is 0.600. The minimum atomic E-state index is -0.0966. The van der Waals surface area contributed by atoms with Gasteiger partial charge in [0, 0.05) is 29.7 Å². The van der Waals surface area contributed by atoms with E-state index < -0.39 is 0 Å². The highest BCUT2D eigenvalue weighted by Gasteiger charge is 2.18. The molecule has 1 aromatic rings. The van der Waals surface area contributed by atoms with E-state index >= 15 is 0 Å². The van der Waals surface area contributed by atoms with Gasteiger partial charge in [-0.25, -0.2) is 4.39 Å². The van der Waals surface area contributed by atoms with Gasteiger partial charge in [0.2, 0.25) is 0 Å². The third kappa shape index (κ3) is 3.05. The van der Waals surface area contributed by atoms with Crippen LogP contribution in [0, 0.1) is 11.7 Å². The molecule has 0 saturated carbocycles. The Morgan fingerprint density at radius 3 is 2.89 bits per heavy atom. The Hall–Kier alpha value is -0.570. The van der Waals surface area contributed by atoms with Crippen molar-refractivity contribution in [2.24, 2.45) is 5.92 Å². The number of benzene rings is 1. The normalized spacial score (nSPS) is 20.8. The summed E-state index contributed by atoms with van der Waals surface area (Å²) in [7, 11) is 0. The SMILES string of the molecule is CCC1CCCN(c2cccc(F)c2CBr)CC1. The van der Waals surface area contributed by atoms with Crippen molar-refractivity contribution in [3.63, 3.8) is 0 Å². The van der Waals surface area contributed by atoms with Gasteiger partial charge in [-0.3, -0.25) is 0 Å². The molecular weight excluding hydrogens is 293 g/mol. The van der Waals surface area contributed by atoms with Crippen molar-refractivity contribution in [1.82, 2.24) is 0 Å². The lowest BCUT2D eigenvalue weighted by molar-refractivity contribution is 0.459. The van der Waals surface area contributed by atoms with E-state index in [1.54, 1.807) is 6.07 Å². The van der Waals surface area contributed by atoms with Gasteiger partial charge in [-0.1, -0.05) is 35.3 Å². The van der Waals surface area contributed by atoms with Gasteiger partial charge in [0.25, 0.3) is 0 Å². The molecule has 0 aliphatic carbocycles. The summed E-state index contributed by atoms with van der Waals surface area (Å²) >= 11 is 3.40. The highest BCUT2D eigenvalue weighted by atomic mass is 79.9. The summed E-state index contributed by atoms with van der Waals surface area (Å²) < 4.78 is 13.8. The standard InChI is InChI=1S/C15H21BrFN/c1-2-12-5-4-9-18(10-8-12)15-7-3-6-14(17)13(15)11-16/h3,6-7,12H,2,4-5,8-11H2,1H3. The maximum absolute atomic E-state index is 13.8. The minimum absolute atomic E-state index is 0.0966. The Balaban J connectivity index is 2.18.